The number of ketones is 1. The molecule has 172 valence electrons. The molecule has 0 amide bonds. The Morgan fingerprint density at radius 2 is 1.81 bits per heavy atom. The van der Waals surface area contributed by atoms with Crippen molar-refractivity contribution in [3.63, 3.8) is 0 Å². The van der Waals surface area contributed by atoms with Gasteiger partial charge in [-0.1, -0.05) is 30.2 Å². The normalized spacial score (nSPS) is 42.9. The minimum atomic E-state index is -0.803. The average molecular weight is 436 g/mol. The summed E-state index contributed by atoms with van der Waals surface area (Å²) in [6, 6.07) is 9.14. The fourth-order valence-corrected chi connectivity index (χ4v) is 8.44. The largest absolute Gasteiger partial charge is 0.385 e. The summed E-state index contributed by atoms with van der Waals surface area (Å²) < 4.78 is 6.40. The molecule has 3 unspecified atom stereocenters. The minimum absolute atomic E-state index is 0.0491. The second-order valence-corrected chi connectivity index (χ2v) is 11.6. The predicted octanol–water partition coefficient (Wildman–Crippen LogP) is 4.86. The molecule has 32 heavy (non-hydrogen) atoms. The molecular formula is C28H37NO3. The van der Waals surface area contributed by atoms with E-state index in [1.807, 2.05) is 0 Å². The summed E-state index contributed by atoms with van der Waals surface area (Å²) in [4.78, 5) is 14.5. The topological polar surface area (TPSA) is 49.8 Å². The Hall–Kier alpha value is -1.65. The molecule has 5 aliphatic rings. The number of anilines is 1. The lowest BCUT2D eigenvalue weighted by molar-refractivity contribution is -0.217. The Balaban J connectivity index is 1.48. The van der Waals surface area contributed by atoms with Crippen molar-refractivity contribution in [1.29, 1.82) is 0 Å². The number of benzene rings is 1. The maximum Gasteiger partial charge on any atom is 0.162 e. The summed E-state index contributed by atoms with van der Waals surface area (Å²) in [6.07, 6.45) is 7.39. The fourth-order valence-electron chi connectivity index (χ4n) is 8.44. The lowest BCUT2D eigenvalue weighted by Gasteiger charge is -2.59. The molecule has 7 atom stereocenters. The molecule has 1 N–H and O–H groups in total. The molecule has 1 spiro atoms. The summed E-state index contributed by atoms with van der Waals surface area (Å²) in [7, 11) is 4.18. The first-order valence-corrected chi connectivity index (χ1v) is 12.7. The summed E-state index contributed by atoms with van der Waals surface area (Å²) in [5, 5.41) is 10.5. The molecule has 1 aromatic rings. The minimum Gasteiger partial charge on any atom is -0.385 e. The zero-order valence-corrected chi connectivity index (χ0v) is 19.8. The van der Waals surface area contributed by atoms with Crippen molar-refractivity contribution in [3.8, 4) is 0 Å². The third kappa shape index (κ3) is 2.78. The molecule has 1 aromatic carbocycles. The molecule has 4 aliphatic carbocycles. The Morgan fingerprint density at radius 3 is 2.47 bits per heavy atom. The van der Waals surface area contributed by atoms with Crippen LogP contribution in [0.5, 0.6) is 0 Å². The van der Waals surface area contributed by atoms with Gasteiger partial charge in [0.1, 0.15) is 6.10 Å². The fraction of sp³-hybridized carbons (Fsp3) is 0.679. The number of fused-ring (bicyclic) bond motifs is 5. The number of carbonyl (C=O) groups excluding carboxylic acids is 1. The van der Waals surface area contributed by atoms with Gasteiger partial charge >= 0.3 is 0 Å². The standard InChI is InChI=1S/C28H37NO3/c1-27-16-22(17-4-7-19(8-5-17)29(2)3)26-20(23(27)10-11-28(27)12-13-32-28)9-6-18-14-24(30)25(31)15-21(18)26/h4-5,7-8,18,20,22-23,25,31H,6,9-16H2,1-3H3/t18?,20-,22+,23-,25?,27-,28?/m0/s1. The highest BCUT2D eigenvalue weighted by Gasteiger charge is 2.66. The zero-order chi connectivity index (χ0) is 22.3. The number of rotatable bonds is 2. The molecule has 1 heterocycles. The third-order valence-electron chi connectivity index (χ3n) is 10.2. The van der Waals surface area contributed by atoms with Gasteiger partial charge in [-0.05, 0) is 67.6 Å². The van der Waals surface area contributed by atoms with Crippen LogP contribution in [0.4, 0.5) is 5.69 Å². The van der Waals surface area contributed by atoms with Gasteiger partial charge in [-0.2, -0.15) is 0 Å². The van der Waals surface area contributed by atoms with Crippen LogP contribution < -0.4 is 4.90 Å². The van der Waals surface area contributed by atoms with Crippen LogP contribution in [-0.2, 0) is 9.53 Å². The van der Waals surface area contributed by atoms with Crippen molar-refractivity contribution in [1.82, 2.24) is 0 Å². The highest BCUT2D eigenvalue weighted by molar-refractivity contribution is 5.85. The van der Waals surface area contributed by atoms with Crippen molar-refractivity contribution in [2.45, 2.75) is 75.9 Å². The van der Waals surface area contributed by atoms with Gasteiger partial charge in [0, 0.05) is 50.4 Å². The highest BCUT2D eigenvalue weighted by atomic mass is 16.5. The first-order chi connectivity index (χ1) is 15.3. The number of aliphatic hydroxyl groups is 1. The molecule has 0 radical (unpaired) electrons. The lowest BCUT2D eigenvalue weighted by Crippen LogP contribution is -2.58. The molecule has 3 saturated carbocycles. The second-order valence-electron chi connectivity index (χ2n) is 11.6. The van der Waals surface area contributed by atoms with E-state index in [9.17, 15) is 9.90 Å². The number of allylic oxidation sites excluding steroid dienone is 1. The number of ether oxygens (including phenoxy) is 1. The van der Waals surface area contributed by atoms with Crippen LogP contribution in [0.25, 0.3) is 0 Å². The zero-order valence-electron chi connectivity index (χ0n) is 19.8. The first kappa shape index (κ1) is 20.9. The quantitative estimate of drug-likeness (QED) is 0.674. The van der Waals surface area contributed by atoms with Gasteiger partial charge in [0.2, 0.25) is 0 Å². The average Bonchev–Trinajstić information content (AvgIpc) is 3.07. The Morgan fingerprint density at radius 1 is 1.06 bits per heavy atom. The number of aliphatic hydroxyl groups excluding tert-OH is 1. The molecule has 4 nitrogen and oxygen atoms in total. The van der Waals surface area contributed by atoms with Gasteiger partial charge in [-0.25, -0.2) is 0 Å². The van der Waals surface area contributed by atoms with Crippen LogP contribution in [0.15, 0.2) is 35.4 Å². The van der Waals surface area contributed by atoms with Gasteiger partial charge in [-0.15, -0.1) is 0 Å². The van der Waals surface area contributed by atoms with Crippen molar-refractivity contribution in [2.24, 2.45) is 23.2 Å². The lowest BCUT2D eigenvalue weighted by atomic mass is 9.49. The van der Waals surface area contributed by atoms with E-state index in [0.29, 0.717) is 36.5 Å². The van der Waals surface area contributed by atoms with E-state index in [1.165, 1.54) is 42.5 Å². The van der Waals surface area contributed by atoms with E-state index in [1.54, 1.807) is 5.57 Å². The van der Waals surface area contributed by atoms with Crippen molar-refractivity contribution in [3.05, 3.63) is 41.0 Å². The van der Waals surface area contributed by atoms with Gasteiger partial charge in [0.15, 0.2) is 5.78 Å². The van der Waals surface area contributed by atoms with Crippen LogP contribution in [0.3, 0.4) is 0 Å². The van der Waals surface area contributed by atoms with Gasteiger partial charge in [0.05, 0.1) is 12.2 Å². The Labute approximate surface area is 192 Å². The maximum atomic E-state index is 12.3. The van der Waals surface area contributed by atoms with Crippen molar-refractivity contribution >= 4 is 11.5 Å². The van der Waals surface area contributed by atoms with Crippen LogP contribution in [-0.4, -0.2) is 43.3 Å². The van der Waals surface area contributed by atoms with Crippen molar-refractivity contribution < 1.29 is 14.6 Å². The number of carbonyl (C=O) groups is 1. The van der Waals surface area contributed by atoms with Crippen LogP contribution >= 0.6 is 0 Å². The summed E-state index contributed by atoms with van der Waals surface area (Å²) >= 11 is 0. The molecule has 1 saturated heterocycles. The number of hydrogen-bond acceptors (Lipinski definition) is 4. The van der Waals surface area contributed by atoms with E-state index in [4.69, 9.17) is 4.74 Å². The molecular weight excluding hydrogens is 398 g/mol. The van der Waals surface area contributed by atoms with Crippen LogP contribution in [0.2, 0.25) is 0 Å². The van der Waals surface area contributed by atoms with E-state index < -0.39 is 6.10 Å². The molecule has 4 fully saturated rings. The van der Waals surface area contributed by atoms with E-state index in [0.717, 1.165) is 19.4 Å². The number of Topliss-reactive ketones (excluding diaryl/α,β-unsaturated/α-hetero) is 1. The molecule has 0 aromatic heterocycles. The summed E-state index contributed by atoms with van der Waals surface area (Å²) in [5.74, 6) is 2.00. The molecule has 0 bridgehead atoms. The van der Waals surface area contributed by atoms with Crippen LogP contribution in [0.1, 0.15) is 69.8 Å². The SMILES string of the molecule is CN(C)c1ccc([C@H]2C[C@@]3(C)[C@@H](CCC34CCO4)[C@@H]3CCC4CC(=O)C(O)CC4=C32)cc1. The van der Waals surface area contributed by atoms with E-state index in [2.05, 4.69) is 50.2 Å². The monoisotopic (exact) mass is 435 g/mol. The maximum absolute atomic E-state index is 12.3. The van der Waals surface area contributed by atoms with Gasteiger partial charge in [-0.3, -0.25) is 4.79 Å². The van der Waals surface area contributed by atoms with Crippen LogP contribution in [0, 0.1) is 23.2 Å². The van der Waals surface area contributed by atoms with E-state index in [-0.39, 0.29) is 16.8 Å². The molecule has 6 rings (SSSR count). The molecule has 1 aliphatic heterocycles. The third-order valence-corrected chi connectivity index (χ3v) is 10.2. The van der Waals surface area contributed by atoms with Gasteiger partial charge < -0.3 is 14.7 Å². The number of nitrogens with zero attached hydrogens (tertiary/aromatic N) is 1. The number of hydrogen-bond donors (Lipinski definition) is 1. The first-order valence-electron chi connectivity index (χ1n) is 12.7. The van der Waals surface area contributed by atoms with E-state index >= 15 is 0 Å². The Bertz CT molecular complexity index is 959. The second kappa shape index (κ2) is 7.17. The van der Waals surface area contributed by atoms with Crippen molar-refractivity contribution in [2.75, 3.05) is 25.6 Å². The smallest absolute Gasteiger partial charge is 0.162 e. The summed E-state index contributed by atoms with van der Waals surface area (Å²) in [5.41, 5.74) is 5.95. The predicted molar refractivity (Wildman–Crippen MR) is 126 cm³/mol. The van der Waals surface area contributed by atoms with Gasteiger partial charge in [0.25, 0.3) is 0 Å². The Kier molecular flexibility index (Phi) is 4.69. The summed E-state index contributed by atoms with van der Waals surface area (Å²) in [6.45, 7) is 3.44. The highest BCUT2D eigenvalue weighted by Crippen LogP contribution is 2.70. The molecule has 4 heteroatoms.